The number of hydrogen-bond acceptors (Lipinski definition) is 5. The van der Waals surface area contributed by atoms with Gasteiger partial charge in [-0.2, -0.15) is 0 Å². The summed E-state index contributed by atoms with van der Waals surface area (Å²) in [6.07, 6.45) is 1.67. The topological polar surface area (TPSA) is 94.9 Å². The van der Waals surface area contributed by atoms with Crippen LogP contribution in [-0.4, -0.2) is 14.9 Å². The first-order valence-corrected chi connectivity index (χ1v) is 5.83. The van der Waals surface area contributed by atoms with E-state index >= 15 is 0 Å². The summed E-state index contributed by atoms with van der Waals surface area (Å²) in [6.45, 7) is 3.71. The second-order valence-corrected chi connectivity index (χ2v) is 4.33. The molecule has 98 valence electrons. The van der Waals surface area contributed by atoms with Gasteiger partial charge in [-0.1, -0.05) is 12.1 Å². The fourth-order valence-electron chi connectivity index (χ4n) is 1.82. The number of rotatable bonds is 3. The van der Waals surface area contributed by atoms with Crippen molar-refractivity contribution in [3.63, 3.8) is 0 Å². The second kappa shape index (κ2) is 5.11. The average molecular weight is 258 g/mol. The molecule has 0 fully saturated rings. The highest BCUT2D eigenvalue weighted by Gasteiger charge is 2.11. The Labute approximate surface area is 110 Å². The number of aromatic nitrogens is 2. The molecular formula is C13H14N4O2. The Hall–Kier alpha value is -2.34. The van der Waals surface area contributed by atoms with Gasteiger partial charge in [-0.25, -0.2) is 9.97 Å². The third-order valence-corrected chi connectivity index (χ3v) is 2.82. The quantitative estimate of drug-likeness (QED) is 0.673. The van der Waals surface area contributed by atoms with Gasteiger partial charge in [0.1, 0.15) is 0 Å². The number of nitrogens with zero attached hydrogens (tertiary/aromatic N) is 3. The van der Waals surface area contributed by atoms with Crippen molar-refractivity contribution in [3.8, 4) is 11.4 Å². The number of hydrogen-bond donors (Lipinski definition) is 1. The van der Waals surface area contributed by atoms with Crippen LogP contribution in [0.3, 0.4) is 0 Å². The molecule has 0 amide bonds. The van der Waals surface area contributed by atoms with Gasteiger partial charge in [0.2, 0.25) is 0 Å². The van der Waals surface area contributed by atoms with Crippen LogP contribution in [0.25, 0.3) is 11.4 Å². The maximum atomic E-state index is 10.7. The fraction of sp³-hybridized carbons (Fsp3) is 0.231. The summed E-state index contributed by atoms with van der Waals surface area (Å²) in [5.74, 6) is 0.464. The van der Waals surface area contributed by atoms with Crippen LogP contribution in [0, 0.1) is 17.0 Å². The fourth-order valence-corrected chi connectivity index (χ4v) is 1.82. The van der Waals surface area contributed by atoms with Crippen molar-refractivity contribution in [2.24, 2.45) is 5.73 Å². The van der Waals surface area contributed by atoms with E-state index in [0.29, 0.717) is 11.4 Å². The molecule has 1 aromatic heterocycles. The summed E-state index contributed by atoms with van der Waals surface area (Å²) in [5, 5.41) is 10.7. The Morgan fingerprint density at radius 1 is 1.42 bits per heavy atom. The molecule has 1 atom stereocenters. The molecule has 0 saturated heterocycles. The lowest BCUT2D eigenvalue weighted by Gasteiger charge is -2.09. The molecule has 2 N–H and O–H groups in total. The molecular weight excluding hydrogens is 244 g/mol. The largest absolute Gasteiger partial charge is 0.324 e. The van der Waals surface area contributed by atoms with E-state index < -0.39 is 4.92 Å². The number of nitro benzene ring substituents is 1. The van der Waals surface area contributed by atoms with E-state index in [-0.39, 0.29) is 11.7 Å². The highest BCUT2D eigenvalue weighted by atomic mass is 16.6. The van der Waals surface area contributed by atoms with Gasteiger partial charge in [-0.05, 0) is 13.8 Å². The van der Waals surface area contributed by atoms with E-state index in [2.05, 4.69) is 9.97 Å². The Kier molecular flexibility index (Phi) is 3.52. The minimum atomic E-state index is -0.438. The average Bonchev–Trinajstić information content (AvgIpc) is 2.38. The molecule has 1 heterocycles. The number of nitrogens with two attached hydrogens (primary N) is 1. The molecule has 0 bridgehead atoms. The van der Waals surface area contributed by atoms with Gasteiger partial charge < -0.3 is 5.73 Å². The van der Waals surface area contributed by atoms with Gasteiger partial charge in [-0.3, -0.25) is 10.1 Å². The lowest BCUT2D eigenvalue weighted by molar-refractivity contribution is -0.384. The van der Waals surface area contributed by atoms with Crippen molar-refractivity contribution in [1.82, 2.24) is 9.97 Å². The molecule has 0 aliphatic heterocycles. The molecule has 19 heavy (non-hydrogen) atoms. The molecule has 6 nitrogen and oxygen atoms in total. The minimum Gasteiger partial charge on any atom is -0.324 e. The Balaban J connectivity index is 2.45. The van der Waals surface area contributed by atoms with Crippen molar-refractivity contribution in [3.05, 3.63) is 51.8 Å². The van der Waals surface area contributed by atoms with Crippen molar-refractivity contribution in [1.29, 1.82) is 0 Å². The summed E-state index contributed by atoms with van der Waals surface area (Å²) in [5.41, 5.74) is 8.09. The van der Waals surface area contributed by atoms with Gasteiger partial charge in [0, 0.05) is 41.2 Å². The van der Waals surface area contributed by atoms with Gasteiger partial charge in [0.25, 0.3) is 5.69 Å². The van der Waals surface area contributed by atoms with Crippen molar-refractivity contribution in [2.75, 3.05) is 0 Å². The Bertz CT molecular complexity index is 626. The molecule has 6 heteroatoms. The van der Waals surface area contributed by atoms with E-state index in [0.717, 1.165) is 11.3 Å². The van der Waals surface area contributed by atoms with Crippen molar-refractivity contribution in [2.45, 2.75) is 19.9 Å². The first-order chi connectivity index (χ1) is 8.99. The summed E-state index contributed by atoms with van der Waals surface area (Å²) in [4.78, 5) is 18.9. The van der Waals surface area contributed by atoms with Crippen LogP contribution in [0.1, 0.15) is 24.2 Å². The summed E-state index contributed by atoms with van der Waals surface area (Å²) in [6, 6.07) is 6.12. The van der Waals surface area contributed by atoms with Crippen molar-refractivity contribution < 1.29 is 4.92 Å². The highest BCUT2D eigenvalue weighted by Crippen LogP contribution is 2.22. The number of aryl methyl sites for hydroxylation is 1. The lowest BCUT2D eigenvalue weighted by atomic mass is 10.1. The molecule has 2 rings (SSSR count). The second-order valence-electron chi connectivity index (χ2n) is 4.33. The van der Waals surface area contributed by atoms with E-state index in [1.807, 2.05) is 13.8 Å². The van der Waals surface area contributed by atoms with Gasteiger partial charge in [0.15, 0.2) is 5.82 Å². The number of non-ortho nitro benzene ring substituents is 1. The molecule has 2 aromatic rings. The van der Waals surface area contributed by atoms with Crippen molar-refractivity contribution >= 4 is 5.69 Å². The number of benzene rings is 1. The van der Waals surface area contributed by atoms with Crippen LogP contribution < -0.4 is 5.73 Å². The zero-order valence-electron chi connectivity index (χ0n) is 10.7. The first-order valence-electron chi connectivity index (χ1n) is 5.83. The predicted octanol–water partition coefficient (Wildman–Crippen LogP) is 2.38. The molecule has 0 radical (unpaired) electrons. The van der Waals surface area contributed by atoms with E-state index in [1.165, 1.54) is 12.1 Å². The molecule has 0 saturated carbocycles. The third-order valence-electron chi connectivity index (χ3n) is 2.82. The summed E-state index contributed by atoms with van der Waals surface area (Å²) >= 11 is 0. The van der Waals surface area contributed by atoms with Crippen LogP contribution in [0.15, 0.2) is 30.5 Å². The van der Waals surface area contributed by atoms with E-state index in [4.69, 9.17) is 5.73 Å². The maximum absolute atomic E-state index is 10.7. The molecule has 0 unspecified atom stereocenters. The van der Waals surface area contributed by atoms with Crippen LogP contribution in [0.2, 0.25) is 0 Å². The van der Waals surface area contributed by atoms with Crippen LogP contribution >= 0.6 is 0 Å². The molecule has 1 aromatic carbocycles. The minimum absolute atomic E-state index is 0.0232. The van der Waals surface area contributed by atoms with Gasteiger partial charge in [0.05, 0.1) is 4.92 Å². The Morgan fingerprint density at radius 2 is 2.16 bits per heavy atom. The van der Waals surface area contributed by atoms with E-state index in [9.17, 15) is 10.1 Å². The summed E-state index contributed by atoms with van der Waals surface area (Å²) < 4.78 is 0. The van der Waals surface area contributed by atoms with Crippen LogP contribution in [0.5, 0.6) is 0 Å². The van der Waals surface area contributed by atoms with Crippen LogP contribution in [-0.2, 0) is 0 Å². The zero-order chi connectivity index (χ0) is 14.0. The summed E-state index contributed by atoms with van der Waals surface area (Å²) in [7, 11) is 0. The SMILES string of the molecule is Cc1nc(-c2cccc([N+](=O)[O-])c2)ncc1[C@H](C)N. The normalized spacial score (nSPS) is 12.2. The molecule has 0 aliphatic carbocycles. The predicted molar refractivity (Wildman–Crippen MR) is 71.5 cm³/mol. The number of nitro groups is 1. The standard InChI is InChI=1S/C13H14N4O2/c1-8(14)12-7-15-13(16-9(12)2)10-4-3-5-11(6-10)17(18)19/h3-8H,14H2,1-2H3/t8-/m0/s1. The molecule has 0 aliphatic rings. The first kappa shape index (κ1) is 13.1. The lowest BCUT2D eigenvalue weighted by Crippen LogP contribution is -2.09. The Morgan fingerprint density at radius 3 is 2.74 bits per heavy atom. The van der Waals surface area contributed by atoms with Gasteiger partial charge >= 0.3 is 0 Å². The molecule has 0 spiro atoms. The zero-order valence-corrected chi connectivity index (χ0v) is 10.7. The maximum Gasteiger partial charge on any atom is 0.270 e. The smallest absolute Gasteiger partial charge is 0.270 e. The van der Waals surface area contributed by atoms with Crippen LogP contribution in [0.4, 0.5) is 5.69 Å². The van der Waals surface area contributed by atoms with Gasteiger partial charge in [-0.15, -0.1) is 0 Å². The third kappa shape index (κ3) is 2.74. The van der Waals surface area contributed by atoms with E-state index in [1.54, 1.807) is 18.3 Å². The highest BCUT2D eigenvalue weighted by molar-refractivity contribution is 5.59. The monoisotopic (exact) mass is 258 g/mol.